The molecule has 0 spiro atoms. The molecule has 0 aromatic heterocycles. The molecule has 0 saturated carbocycles. The van der Waals surface area contributed by atoms with Gasteiger partial charge in [-0.25, -0.2) is 0 Å². The van der Waals surface area contributed by atoms with Crippen molar-refractivity contribution < 1.29 is 4.79 Å². The Hall–Kier alpha value is -2.29. The number of rotatable bonds is 4. The van der Waals surface area contributed by atoms with Gasteiger partial charge in [0.05, 0.1) is 0 Å². The van der Waals surface area contributed by atoms with Gasteiger partial charge in [-0.05, 0) is 42.7 Å². The van der Waals surface area contributed by atoms with E-state index in [4.69, 9.17) is 5.73 Å². The number of aryl methyl sites for hydroxylation is 2. The molecule has 0 radical (unpaired) electrons. The van der Waals surface area contributed by atoms with Crippen LogP contribution >= 0.6 is 0 Å². The fraction of sp³-hybridized carbons (Fsp3) is 0.188. The van der Waals surface area contributed by atoms with Crippen molar-refractivity contribution in [1.29, 1.82) is 0 Å². The zero-order chi connectivity index (χ0) is 13.8. The second-order valence-electron chi connectivity index (χ2n) is 4.69. The van der Waals surface area contributed by atoms with Crippen molar-refractivity contribution in [3.63, 3.8) is 0 Å². The molecule has 3 heteroatoms. The molecule has 2 rings (SSSR count). The van der Waals surface area contributed by atoms with Crippen LogP contribution < -0.4 is 11.1 Å². The lowest BCUT2D eigenvalue weighted by Gasteiger charge is -2.18. The summed E-state index contributed by atoms with van der Waals surface area (Å²) in [4.78, 5) is 11.6. The van der Waals surface area contributed by atoms with Crippen LogP contribution in [0.25, 0.3) is 0 Å². The Bertz CT molecular complexity index is 579. The van der Waals surface area contributed by atoms with Crippen LogP contribution in [-0.2, 0) is 4.79 Å². The number of carbonyl (C=O) groups is 1. The molecule has 98 valence electrons. The summed E-state index contributed by atoms with van der Waals surface area (Å²) in [7, 11) is 0. The Kier molecular flexibility index (Phi) is 3.85. The molecule has 0 saturated heterocycles. The molecule has 1 unspecified atom stereocenters. The van der Waals surface area contributed by atoms with Crippen LogP contribution in [0, 0.1) is 13.8 Å². The van der Waals surface area contributed by atoms with E-state index in [1.807, 2.05) is 55.5 Å². The van der Waals surface area contributed by atoms with Crippen LogP contribution in [0.4, 0.5) is 5.69 Å². The molecule has 0 heterocycles. The molecule has 0 bridgehead atoms. The SMILES string of the molecule is Cc1ccc(NC(C(N)=O)c2ccccc2)cc1C. The second-order valence-corrected chi connectivity index (χ2v) is 4.69. The number of hydrogen-bond acceptors (Lipinski definition) is 2. The summed E-state index contributed by atoms with van der Waals surface area (Å²) in [6.07, 6.45) is 0. The minimum Gasteiger partial charge on any atom is -0.370 e. The lowest BCUT2D eigenvalue weighted by Crippen LogP contribution is -2.27. The van der Waals surface area contributed by atoms with Crippen LogP contribution in [0.1, 0.15) is 22.7 Å². The van der Waals surface area contributed by atoms with E-state index in [1.54, 1.807) is 0 Å². The van der Waals surface area contributed by atoms with Crippen LogP contribution in [0.15, 0.2) is 48.5 Å². The molecule has 1 amide bonds. The van der Waals surface area contributed by atoms with Crippen molar-refractivity contribution in [2.45, 2.75) is 19.9 Å². The zero-order valence-corrected chi connectivity index (χ0v) is 11.2. The molecule has 2 aromatic carbocycles. The first-order chi connectivity index (χ1) is 9.08. The smallest absolute Gasteiger partial charge is 0.244 e. The van der Waals surface area contributed by atoms with E-state index in [-0.39, 0.29) is 5.91 Å². The van der Waals surface area contributed by atoms with E-state index in [2.05, 4.69) is 12.2 Å². The van der Waals surface area contributed by atoms with E-state index in [1.165, 1.54) is 11.1 Å². The second kappa shape index (κ2) is 5.57. The highest BCUT2D eigenvalue weighted by molar-refractivity contribution is 5.84. The van der Waals surface area contributed by atoms with Gasteiger partial charge in [0.25, 0.3) is 0 Å². The van der Waals surface area contributed by atoms with Crippen molar-refractivity contribution in [1.82, 2.24) is 0 Å². The highest BCUT2D eigenvalue weighted by Gasteiger charge is 2.17. The van der Waals surface area contributed by atoms with E-state index < -0.39 is 6.04 Å². The first-order valence-electron chi connectivity index (χ1n) is 6.26. The van der Waals surface area contributed by atoms with Gasteiger partial charge in [0.15, 0.2) is 0 Å². The quantitative estimate of drug-likeness (QED) is 0.881. The van der Waals surface area contributed by atoms with Gasteiger partial charge in [-0.1, -0.05) is 36.4 Å². The summed E-state index contributed by atoms with van der Waals surface area (Å²) < 4.78 is 0. The van der Waals surface area contributed by atoms with Crippen LogP contribution in [-0.4, -0.2) is 5.91 Å². The van der Waals surface area contributed by atoms with Crippen molar-refractivity contribution in [3.8, 4) is 0 Å². The molecule has 3 N–H and O–H groups in total. The molecule has 0 aliphatic carbocycles. The maximum Gasteiger partial charge on any atom is 0.244 e. The van der Waals surface area contributed by atoms with Crippen molar-refractivity contribution in [2.75, 3.05) is 5.32 Å². The number of hydrogen-bond donors (Lipinski definition) is 2. The van der Waals surface area contributed by atoms with Crippen molar-refractivity contribution in [3.05, 3.63) is 65.2 Å². The fourth-order valence-corrected chi connectivity index (χ4v) is 1.96. The van der Waals surface area contributed by atoms with Crippen LogP contribution in [0.5, 0.6) is 0 Å². The van der Waals surface area contributed by atoms with E-state index in [9.17, 15) is 4.79 Å². The lowest BCUT2D eigenvalue weighted by atomic mass is 10.0. The van der Waals surface area contributed by atoms with Gasteiger partial charge in [0, 0.05) is 5.69 Å². The van der Waals surface area contributed by atoms with Gasteiger partial charge >= 0.3 is 0 Å². The molecule has 1 atom stereocenters. The Morgan fingerprint density at radius 1 is 1.05 bits per heavy atom. The molecular weight excluding hydrogens is 236 g/mol. The molecule has 2 aromatic rings. The standard InChI is InChI=1S/C16H18N2O/c1-11-8-9-14(10-12(11)2)18-15(16(17)19)13-6-4-3-5-7-13/h3-10,15,18H,1-2H3,(H2,17,19). The number of nitrogens with two attached hydrogens (primary N) is 1. The van der Waals surface area contributed by atoms with Gasteiger partial charge in [-0.15, -0.1) is 0 Å². The molecule has 19 heavy (non-hydrogen) atoms. The van der Waals surface area contributed by atoms with Crippen molar-refractivity contribution in [2.24, 2.45) is 5.73 Å². The monoisotopic (exact) mass is 254 g/mol. The Morgan fingerprint density at radius 3 is 2.32 bits per heavy atom. The molecule has 0 fully saturated rings. The highest BCUT2D eigenvalue weighted by atomic mass is 16.1. The summed E-state index contributed by atoms with van der Waals surface area (Å²) in [6, 6.07) is 15.0. The summed E-state index contributed by atoms with van der Waals surface area (Å²) in [5.74, 6) is -0.385. The molecule has 0 aliphatic heterocycles. The molecule has 3 nitrogen and oxygen atoms in total. The zero-order valence-electron chi connectivity index (χ0n) is 11.2. The minimum absolute atomic E-state index is 0.385. The first kappa shape index (κ1) is 13.1. The highest BCUT2D eigenvalue weighted by Crippen LogP contribution is 2.21. The van der Waals surface area contributed by atoms with Crippen LogP contribution in [0.2, 0.25) is 0 Å². The number of carbonyl (C=O) groups excluding carboxylic acids is 1. The first-order valence-corrected chi connectivity index (χ1v) is 6.26. The topological polar surface area (TPSA) is 55.1 Å². The summed E-state index contributed by atoms with van der Waals surface area (Å²) in [5, 5.41) is 3.19. The van der Waals surface area contributed by atoms with Crippen LogP contribution in [0.3, 0.4) is 0 Å². The summed E-state index contributed by atoms with van der Waals surface area (Å²) >= 11 is 0. The maximum absolute atomic E-state index is 11.6. The maximum atomic E-state index is 11.6. The number of amides is 1. The van der Waals surface area contributed by atoms with Crippen molar-refractivity contribution >= 4 is 11.6 Å². The van der Waals surface area contributed by atoms with E-state index in [0.717, 1.165) is 11.3 Å². The minimum atomic E-state index is -0.511. The van der Waals surface area contributed by atoms with Gasteiger partial charge in [0.1, 0.15) is 6.04 Å². The lowest BCUT2D eigenvalue weighted by molar-refractivity contribution is -0.118. The van der Waals surface area contributed by atoms with E-state index >= 15 is 0 Å². The largest absolute Gasteiger partial charge is 0.370 e. The average molecular weight is 254 g/mol. The third kappa shape index (κ3) is 3.13. The summed E-state index contributed by atoms with van der Waals surface area (Å²) in [6.45, 7) is 4.10. The molecular formula is C16H18N2O. The Balaban J connectivity index is 2.27. The Labute approximate surface area is 113 Å². The number of anilines is 1. The van der Waals surface area contributed by atoms with E-state index in [0.29, 0.717) is 0 Å². The average Bonchev–Trinajstić information content (AvgIpc) is 2.40. The van der Waals surface area contributed by atoms with Gasteiger partial charge in [0.2, 0.25) is 5.91 Å². The fourth-order valence-electron chi connectivity index (χ4n) is 1.96. The third-order valence-electron chi connectivity index (χ3n) is 3.24. The van der Waals surface area contributed by atoms with Gasteiger partial charge in [-0.3, -0.25) is 4.79 Å². The Morgan fingerprint density at radius 2 is 1.74 bits per heavy atom. The van der Waals surface area contributed by atoms with Gasteiger partial charge in [-0.2, -0.15) is 0 Å². The third-order valence-corrected chi connectivity index (χ3v) is 3.24. The number of benzene rings is 2. The normalized spacial score (nSPS) is 11.9. The summed E-state index contributed by atoms with van der Waals surface area (Å²) in [5.41, 5.74) is 9.66. The number of nitrogens with one attached hydrogen (secondary N) is 1. The predicted octanol–water partition coefficient (Wildman–Crippen LogP) is 2.94. The van der Waals surface area contributed by atoms with Gasteiger partial charge < -0.3 is 11.1 Å². The molecule has 0 aliphatic rings. The predicted molar refractivity (Wildman–Crippen MR) is 77.9 cm³/mol. The number of primary amides is 1.